The van der Waals surface area contributed by atoms with E-state index in [2.05, 4.69) is 5.32 Å². The fourth-order valence-corrected chi connectivity index (χ4v) is 1.72. The van der Waals surface area contributed by atoms with Gasteiger partial charge in [-0.15, -0.1) is 0 Å². The lowest BCUT2D eigenvalue weighted by atomic mass is 10.1. The third kappa shape index (κ3) is 7.13. The molecule has 3 nitrogen and oxygen atoms in total. The molecular weight excluding hydrogens is 283 g/mol. The molecule has 0 unspecified atom stereocenters. The van der Waals surface area contributed by atoms with Gasteiger partial charge in [-0.2, -0.15) is 13.2 Å². The Labute approximate surface area is 122 Å². The Balaban J connectivity index is 2.38. The molecule has 0 aliphatic heterocycles. The number of nitrogens with one attached hydrogen (secondary N) is 1. The van der Waals surface area contributed by atoms with E-state index in [4.69, 9.17) is 4.74 Å². The lowest BCUT2D eigenvalue weighted by molar-refractivity contribution is -0.137. The molecule has 0 saturated heterocycles. The summed E-state index contributed by atoms with van der Waals surface area (Å²) in [7, 11) is 0. The maximum atomic E-state index is 12.5. The topological polar surface area (TPSA) is 38.3 Å². The molecule has 1 aromatic rings. The van der Waals surface area contributed by atoms with Crippen molar-refractivity contribution in [2.75, 3.05) is 13.2 Å². The summed E-state index contributed by atoms with van der Waals surface area (Å²) in [6, 6.07) is 4.81. The molecule has 1 N–H and O–H groups in total. The fraction of sp³-hybridized carbons (Fsp3) is 0.533. The van der Waals surface area contributed by atoms with Crippen LogP contribution in [-0.2, 0) is 22.1 Å². The van der Waals surface area contributed by atoms with Crippen molar-refractivity contribution in [3.05, 3.63) is 35.4 Å². The van der Waals surface area contributed by atoms with Crippen LogP contribution in [0.25, 0.3) is 0 Å². The summed E-state index contributed by atoms with van der Waals surface area (Å²) in [5.41, 5.74) is -0.390. The molecule has 0 spiro atoms. The Morgan fingerprint density at radius 2 is 2.05 bits per heavy atom. The number of carbonyl (C=O) groups is 1. The van der Waals surface area contributed by atoms with E-state index in [0.29, 0.717) is 25.1 Å². The summed E-state index contributed by atoms with van der Waals surface area (Å²) in [6.45, 7) is 4.84. The van der Waals surface area contributed by atoms with Crippen LogP contribution in [0.1, 0.15) is 31.4 Å². The van der Waals surface area contributed by atoms with E-state index in [1.54, 1.807) is 0 Å². The van der Waals surface area contributed by atoms with E-state index in [0.717, 1.165) is 12.1 Å². The van der Waals surface area contributed by atoms with Gasteiger partial charge in [0.15, 0.2) is 0 Å². The first-order valence-corrected chi connectivity index (χ1v) is 6.83. The van der Waals surface area contributed by atoms with Gasteiger partial charge in [-0.05, 0) is 31.9 Å². The summed E-state index contributed by atoms with van der Waals surface area (Å²) >= 11 is 0. The molecule has 118 valence electrons. The van der Waals surface area contributed by atoms with Crippen LogP contribution in [0.3, 0.4) is 0 Å². The van der Waals surface area contributed by atoms with Gasteiger partial charge in [0, 0.05) is 13.2 Å². The van der Waals surface area contributed by atoms with E-state index in [1.165, 1.54) is 12.1 Å². The highest BCUT2D eigenvalue weighted by molar-refractivity contribution is 5.78. The van der Waals surface area contributed by atoms with Gasteiger partial charge in [0.2, 0.25) is 5.91 Å². The van der Waals surface area contributed by atoms with E-state index >= 15 is 0 Å². The van der Waals surface area contributed by atoms with E-state index < -0.39 is 11.7 Å². The zero-order chi connectivity index (χ0) is 15.9. The average Bonchev–Trinajstić information content (AvgIpc) is 2.37. The van der Waals surface area contributed by atoms with Gasteiger partial charge in [-0.3, -0.25) is 4.79 Å². The Hall–Kier alpha value is -1.56. The SMILES string of the molecule is CC(C)OCCCNC(=O)Cc1cccc(C(F)(F)F)c1. The van der Waals surface area contributed by atoms with E-state index in [-0.39, 0.29) is 18.4 Å². The minimum absolute atomic E-state index is 0.0606. The number of rotatable bonds is 7. The maximum absolute atomic E-state index is 12.5. The molecule has 0 bridgehead atoms. The molecule has 6 heteroatoms. The van der Waals surface area contributed by atoms with Gasteiger partial charge >= 0.3 is 6.18 Å². The van der Waals surface area contributed by atoms with Gasteiger partial charge in [0.05, 0.1) is 18.1 Å². The molecule has 1 rings (SSSR count). The van der Waals surface area contributed by atoms with Gasteiger partial charge < -0.3 is 10.1 Å². The zero-order valence-corrected chi connectivity index (χ0v) is 12.2. The van der Waals surface area contributed by atoms with Crippen molar-refractivity contribution in [3.8, 4) is 0 Å². The van der Waals surface area contributed by atoms with Crippen LogP contribution >= 0.6 is 0 Å². The number of benzene rings is 1. The molecule has 1 amide bonds. The number of hydrogen-bond acceptors (Lipinski definition) is 2. The average molecular weight is 303 g/mol. The molecule has 0 aromatic heterocycles. The highest BCUT2D eigenvalue weighted by Gasteiger charge is 2.30. The number of halogens is 3. The quantitative estimate of drug-likeness (QED) is 0.786. The highest BCUT2D eigenvalue weighted by Crippen LogP contribution is 2.29. The number of hydrogen-bond donors (Lipinski definition) is 1. The van der Waals surface area contributed by atoms with Crippen molar-refractivity contribution in [1.29, 1.82) is 0 Å². The van der Waals surface area contributed by atoms with E-state index in [1.807, 2.05) is 13.8 Å². The maximum Gasteiger partial charge on any atom is 0.416 e. The number of amides is 1. The summed E-state index contributed by atoms with van der Waals surface area (Å²) in [4.78, 5) is 11.6. The molecule has 0 saturated carbocycles. The molecule has 0 aliphatic rings. The van der Waals surface area contributed by atoms with Gasteiger partial charge in [-0.25, -0.2) is 0 Å². The van der Waals surface area contributed by atoms with Crippen LogP contribution in [0.4, 0.5) is 13.2 Å². The largest absolute Gasteiger partial charge is 0.416 e. The summed E-state index contributed by atoms with van der Waals surface area (Å²) < 4.78 is 42.9. The Morgan fingerprint density at radius 1 is 1.33 bits per heavy atom. The monoisotopic (exact) mass is 303 g/mol. The molecule has 1 aromatic carbocycles. The second kappa shape index (κ2) is 8.02. The van der Waals surface area contributed by atoms with Crippen LogP contribution in [0.5, 0.6) is 0 Å². The fourth-order valence-electron chi connectivity index (χ4n) is 1.72. The molecule has 0 fully saturated rings. The highest BCUT2D eigenvalue weighted by atomic mass is 19.4. The van der Waals surface area contributed by atoms with Crippen LogP contribution in [0.2, 0.25) is 0 Å². The lowest BCUT2D eigenvalue weighted by Crippen LogP contribution is -2.27. The van der Waals surface area contributed by atoms with Gasteiger partial charge in [0.25, 0.3) is 0 Å². The number of alkyl halides is 3. The summed E-state index contributed by atoms with van der Waals surface area (Å²) in [5, 5.41) is 2.66. The lowest BCUT2D eigenvalue weighted by Gasteiger charge is -2.10. The van der Waals surface area contributed by atoms with Crippen molar-refractivity contribution in [3.63, 3.8) is 0 Å². The van der Waals surface area contributed by atoms with Crippen LogP contribution in [-0.4, -0.2) is 25.2 Å². The smallest absolute Gasteiger partial charge is 0.379 e. The predicted molar refractivity (Wildman–Crippen MR) is 73.9 cm³/mol. The molecule has 0 atom stereocenters. The first-order valence-electron chi connectivity index (χ1n) is 6.83. The molecule has 0 heterocycles. The Morgan fingerprint density at radius 3 is 2.67 bits per heavy atom. The third-order valence-corrected chi connectivity index (χ3v) is 2.71. The molecule has 21 heavy (non-hydrogen) atoms. The number of ether oxygens (including phenoxy) is 1. The van der Waals surface area contributed by atoms with Crippen molar-refractivity contribution < 1.29 is 22.7 Å². The molecular formula is C15H20F3NO2. The van der Waals surface area contributed by atoms with Crippen LogP contribution in [0, 0.1) is 0 Å². The Bertz CT molecular complexity index is 458. The second-order valence-electron chi connectivity index (χ2n) is 5.00. The zero-order valence-electron chi connectivity index (χ0n) is 12.2. The second-order valence-corrected chi connectivity index (χ2v) is 5.00. The third-order valence-electron chi connectivity index (χ3n) is 2.71. The van der Waals surface area contributed by atoms with Crippen LogP contribution in [0.15, 0.2) is 24.3 Å². The van der Waals surface area contributed by atoms with Crippen molar-refractivity contribution in [1.82, 2.24) is 5.32 Å². The standard InChI is InChI=1S/C15H20F3NO2/c1-11(2)21-8-4-7-19-14(20)10-12-5-3-6-13(9-12)15(16,17)18/h3,5-6,9,11H,4,7-8,10H2,1-2H3,(H,19,20). The minimum atomic E-state index is -4.39. The molecule has 0 radical (unpaired) electrons. The van der Waals surface area contributed by atoms with Crippen molar-refractivity contribution >= 4 is 5.91 Å². The first kappa shape index (κ1) is 17.5. The Kier molecular flexibility index (Phi) is 6.68. The van der Waals surface area contributed by atoms with Crippen molar-refractivity contribution in [2.24, 2.45) is 0 Å². The summed E-state index contributed by atoms with van der Waals surface area (Å²) in [5.74, 6) is -0.293. The van der Waals surface area contributed by atoms with Crippen LogP contribution < -0.4 is 5.32 Å². The number of carbonyl (C=O) groups excluding carboxylic acids is 1. The van der Waals surface area contributed by atoms with E-state index in [9.17, 15) is 18.0 Å². The predicted octanol–water partition coefficient (Wildman–Crippen LogP) is 3.18. The molecule has 0 aliphatic carbocycles. The van der Waals surface area contributed by atoms with Gasteiger partial charge in [0.1, 0.15) is 0 Å². The van der Waals surface area contributed by atoms with Gasteiger partial charge in [-0.1, -0.05) is 18.2 Å². The van der Waals surface area contributed by atoms with Crippen molar-refractivity contribution in [2.45, 2.75) is 39.0 Å². The first-order chi connectivity index (χ1) is 9.79. The normalized spacial score (nSPS) is 11.7. The summed E-state index contributed by atoms with van der Waals surface area (Å²) in [6.07, 6.45) is -3.63. The minimum Gasteiger partial charge on any atom is -0.379 e.